The van der Waals surface area contributed by atoms with Crippen LogP contribution in [-0.4, -0.2) is 39.4 Å². The molecule has 0 spiro atoms. The van der Waals surface area contributed by atoms with Gasteiger partial charge in [0.15, 0.2) is 0 Å². The molecule has 3 heterocycles. The monoisotopic (exact) mass is 374 g/mol. The van der Waals surface area contributed by atoms with Crippen LogP contribution in [0.25, 0.3) is 10.9 Å². The highest BCUT2D eigenvalue weighted by Gasteiger charge is 2.44. The number of aromatic amines is 1. The van der Waals surface area contributed by atoms with Gasteiger partial charge in [0.25, 0.3) is 5.91 Å². The number of hydrogen-bond donors (Lipinski definition) is 2. The van der Waals surface area contributed by atoms with Crippen LogP contribution in [0.4, 0.5) is 0 Å². The van der Waals surface area contributed by atoms with Gasteiger partial charge in [0, 0.05) is 42.7 Å². The molecule has 1 amide bonds. The fraction of sp³-hybridized carbons (Fsp3) is 0.391. The Balaban J connectivity index is 1.25. The maximum absolute atomic E-state index is 12.6. The minimum absolute atomic E-state index is 0.0116. The second-order valence-electron chi connectivity index (χ2n) is 8.30. The summed E-state index contributed by atoms with van der Waals surface area (Å²) in [5.41, 5.74) is 4.24. The summed E-state index contributed by atoms with van der Waals surface area (Å²) in [4.78, 5) is 22.7. The number of pyridine rings is 1. The van der Waals surface area contributed by atoms with Gasteiger partial charge in [-0.2, -0.15) is 0 Å². The first kappa shape index (κ1) is 17.4. The number of rotatable bonds is 4. The van der Waals surface area contributed by atoms with Crippen molar-refractivity contribution in [1.82, 2.24) is 20.2 Å². The van der Waals surface area contributed by atoms with Gasteiger partial charge >= 0.3 is 0 Å². The number of nitrogens with zero attached hydrogens (tertiary/aromatic N) is 2. The van der Waals surface area contributed by atoms with Crippen molar-refractivity contribution in [1.29, 1.82) is 0 Å². The number of amides is 1. The fourth-order valence-corrected chi connectivity index (χ4v) is 5.11. The minimum Gasteiger partial charge on any atom is -0.361 e. The highest BCUT2D eigenvalue weighted by atomic mass is 16.1. The molecule has 5 rings (SSSR count). The van der Waals surface area contributed by atoms with Gasteiger partial charge in [-0.1, -0.05) is 12.1 Å². The third kappa shape index (κ3) is 3.20. The van der Waals surface area contributed by atoms with Crippen molar-refractivity contribution < 1.29 is 4.79 Å². The number of aryl methyl sites for hydroxylation is 1. The normalized spacial score (nSPS) is 24.5. The smallest absolute Gasteiger partial charge is 0.253 e. The summed E-state index contributed by atoms with van der Waals surface area (Å²) < 4.78 is 0. The molecular weight excluding hydrogens is 348 g/mol. The molecule has 0 unspecified atom stereocenters. The first-order chi connectivity index (χ1) is 13.7. The number of carbonyl (C=O) groups excluding carboxylic acids is 1. The van der Waals surface area contributed by atoms with Crippen molar-refractivity contribution in [3.63, 3.8) is 0 Å². The lowest BCUT2D eigenvalue weighted by Gasteiger charge is -2.24. The van der Waals surface area contributed by atoms with E-state index in [0.717, 1.165) is 37.9 Å². The number of H-pyrrole nitrogens is 1. The van der Waals surface area contributed by atoms with Crippen LogP contribution in [0, 0.1) is 12.8 Å². The molecule has 2 aliphatic rings. The zero-order chi connectivity index (χ0) is 19.1. The van der Waals surface area contributed by atoms with Crippen molar-refractivity contribution in [3.05, 3.63) is 65.6 Å². The first-order valence-corrected chi connectivity index (χ1v) is 10.2. The predicted molar refractivity (Wildman–Crippen MR) is 110 cm³/mol. The number of aromatic nitrogens is 2. The Morgan fingerprint density at radius 3 is 3.04 bits per heavy atom. The van der Waals surface area contributed by atoms with E-state index in [1.807, 2.05) is 19.2 Å². The Hall–Kier alpha value is -2.66. The third-order valence-electron chi connectivity index (χ3n) is 6.46. The zero-order valence-electron chi connectivity index (χ0n) is 16.2. The topological polar surface area (TPSA) is 61.0 Å². The van der Waals surface area contributed by atoms with Gasteiger partial charge < -0.3 is 10.3 Å². The molecule has 0 radical (unpaired) electrons. The van der Waals surface area contributed by atoms with Gasteiger partial charge in [-0.25, -0.2) is 0 Å². The number of hydrogen-bond acceptors (Lipinski definition) is 3. The Morgan fingerprint density at radius 2 is 2.14 bits per heavy atom. The molecule has 1 aliphatic carbocycles. The molecule has 1 saturated heterocycles. The van der Waals surface area contributed by atoms with E-state index in [2.05, 4.69) is 44.5 Å². The molecule has 1 aliphatic heterocycles. The molecule has 144 valence electrons. The summed E-state index contributed by atoms with van der Waals surface area (Å²) in [6.07, 6.45) is 8.81. The summed E-state index contributed by atoms with van der Waals surface area (Å²) in [6, 6.07) is 11.6. The molecule has 1 aromatic carbocycles. The van der Waals surface area contributed by atoms with Gasteiger partial charge in [-0.15, -0.1) is 0 Å². The zero-order valence-corrected chi connectivity index (χ0v) is 16.2. The van der Waals surface area contributed by atoms with E-state index >= 15 is 0 Å². The largest absolute Gasteiger partial charge is 0.361 e. The summed E-state index contributed by atoms with van der Waals surface area (Å²) in [7, 11) is 0. The van der Waals surface area contributed by atoms with E-state index in [-0.39, 0.29) is 11.9 Å². The van der Waals surface area contributed by atoms with Crippen LogP contribution in [-0.2, 0) is 6.54 Å². The Morgan fingerprint density at radius 1 is 1.21 bits per heavy atom. The van der Waals surface area contributed by atoms with E-state index in [4.69, 9.17) is 0 Å². The van der Waals surface area contributed by atoms with Crippen molar-refractivity contribution >= 4 is 16.8 Å². The highest BCUT2D eigenvalue weighted by molar-refractivity contribution is 5.94. The van der Waals surface area contributed by atoms with Crippen LogP contribution < -0.4 is 5.32 Å². The lowest BCUT2D eigenvalue weighted by molar-refractivity contribution is 0.0926. The molecule has 2 N–H and O–H groups in total. The van der Waals surface area contributed by atoms with Gasteiger partial charge in [-0.05, 0) is 73.4 Å². The predicted octanol–water partition coefficient (Wildman–Crippen LogP) is 3.65. The van der Waals surface area contributed by atoms with Gasteiger partial charge in [0.2, 0.25) is 0 Å². The Bertz CT molecular complexity index is 1010. The fourth-order valence-electron chi connectivity index (χ4n) is 5.11. The molecular formula is C23H26N4O. The molecule has 5 nitrogen and oxygen atoms in total. The Labute approximate surface area is 165 Å². The van der Waals surface area contributed by atoms with E-state index in [0.29, 0.717) is 17.5 Å². The summed E-state index contributed by atoms with van der Waals surface area (Å²) in [5.74, 6) is 0.563. The number of fused-ring (bicyclic) bond motifs is 2. The van der Waals surface area contributed by atoms with Crippen LogP contribution in [0.15, 0.2) is 48.9 Å². The van der Waals surface area contributed by atoms with Crippen molar-refractivity contribution in [2.45, 2.75) is 44.8 Å². The van der Waals surface area contributed by atoms with Crippen LogP contribution in [0.2, 0.25) is 0 Å². The lowest BCUT2D eigenvalue weighted by atomic mass is 9.99. The summed E-state index contributed by atoms with van der Waals surface area (Å²) in [6.45, 7) is 4.06. The van der Waals surface area contributed by atoms with Gasteiger partial charge in [-0.3, -0.25) is 14.7 Å². The van der Waals surface area contributed by atoms with Gasteiger partial charge in [0.1, 0.15) is 0 Å². The first-order valence-electron chi connectivity index (χ1n) is 10.2. The molecule has 5 heteroatoms. The lowest BCUT2D eigenvalue weighted by Crippen LogP contribution is -2.39. The molecule has 2 aromatic heterocycles. The molecule has 2 fully saturated rings. The average molecular weight is 374 g/mol. The number of carbonyl (C=O) groups is 1. The standard InChI is InChI=1S/C23H26N4O/c1-15-10-18(13-24-12-15)23(28)26-20-4-5-22-19(20)7-9-27(22)14-16-2-3-17-6-8-25-21(17)11-16/h2-3,6,8,10-13,19-20,22,25H,4-5,7,9,14H2,1H3,(H,26,28)/t19-,20-,22+/m0/s1. The Kier molecular flexibility index (Phi) is 4.40. The SMILES string of the molecule is Cc1cncc(C(=O)N[C@H]2CC[C@@H]3[C@H]2CCN3Cc2ccc3cc[nH]c3c2)c1. The van der Waals surface area contributed by atoms with E-state index in [9.17, 15) is 4.79 Å². The minimum atomic E-state index is 0.0116. The second-order valence-corrected chi connectivity index (χ2v) is 8.30. The van der Waals surface area contributed by atoms with Crippen LogP contribution in [0.5, 0.6) is 0 Å². The highest BCUT2D eigenvalue weighted by Crippen LogP contribution is 2.39. The maximum atomic E-state index is 12.6. The second kappa shape index (κ2) is 7.06. The quantitative estimate of drug-likeness (QED) is 0.733. The number of likely N-dealkylation sites (tertiary alicyclic amines) is 1. The number of benzene rings is 1. The van der Waals surface area contributed by atoms with Crippen molar-refractivity contribution in [2.75, 3.05) is 6.54 Å². The van der Waals surface area contributed by atoms with Crippen molar-refractivity contribution in [2.24, 2.45) is 5.92 Å². The maximum Gasteiger partial charge on any atom is 0.253 e. The molecule has 1 saturated carbocycles. The van der Waals surface area contributed by atoms with Crippen molar-refractivity contribution in [3.8, 4) is 0 Å². The van der Waals surface area contributed by atoms with E-state index in [1.54, 1.807) is 12.4 Å². The molecule has 3 atom stereocenters. The molecule has 3 aromatic rings. The number of nitrogens with one attached hydrogen (secondary N) is 2. The van der Waals surface area contributed by atoms with E-state index < -0.39 is 0 Å². The summed E-state index contributed by atoms with van der Waals surface area (Å²) >= 11 is 0. The van der Waals surface area contributed by atoms with Crippen LogP contribution in [0.3, 0.4) is 0 Å². The third-order valence-corrected chi connectivity index (χ3v) is 6.46. The van der Waals surface area contributed by atoms with E-state index in [1.165, 1.54) is 16.5 Å². The average Bonchev–Trinajstić information content (AvgIpc) is 3.40. The molecule has 28 heavy (non-hydrogen) atoms. The van der Waals surface area contributed by atoms with Crippen LogP contribution in [0.1, 0.15) is 40.7 Å². The van der Waals surface area contributed by atoms with Crippen LogP contribution >= 0.6 is 0 Å². The molecule has 0 bridgehead atoms. The van der Waals surface area contributed by atoms with Gasteiger partial charge in [0.05, 0.1) is 5.56 Å². The summed E-state index contributed by atoms with van der Waals surface area (Å²) in [5, 5.41) is 4.55.